The van der Waals surface area contributed by atoms with Crippen LogP contribution in [0, 0.1) is 5.82 Å². The Hall–Kier alpha value is -0.900. The summed E-state index contributed by atoms with van der Waals surface area (Å²) in [5, 5.41) is 0. The van der Waals surface area contributed by atoms with Gasteiger partial charge in [0.25, 0.3) is 5.91 Å². The van der Waals surface area contributed by atoms with Crippen molar-refractivity contribution in [1.29, 1.82) is 0 Å². The van der Waals surface area contributed by atoms with Crippen LogP contribution in [0.15, 0.2) is 22.7 Å². The fourth-order valence-electron chi connectivity index (χ4n) is 1.85. The molecule has 0 radical (unpaired) electrons. The Kier molecular flexibility index (Phi) is 5.12. The lowest BCUT2D eigenvalue weighted by Gasteiger charge is -2.26. The summed E-state index contributed by atoms with van der Waals surface area (Å²) >= 11 is 3.25. The fraction of sp³-hybridized carbons (Fsp3) is 0.462. The fourth-order valence-corrected chi connectivity index (χ4v) is 2.21. The number of rotatable bonds is 4. The lowest BCUT2D eigenvalue weighted by atomic mass is 10.1. The van der Waals surface area contributed by atoms with E-state index in [-0.39, 0.29) is 17.5 Å². The second-order valence-corrected chi connectivity index (χ2v) is 4.93. The van der Waals surface area contributed by atoms with E-state index in [1.807, 2.05) is 13.8 Å². The predicted octanol–water partition coefficient (Wildman–Crippen LogP) is 3.85. The van der Waals surface area contributed by atoms with E-state index in [9.17, 15) is 9.18 Å². The molecule has 94 valence electrons. The van der Waals surface area contributed by atoms with Crippen molar-refractivity contribution < 1.29 is 9.18 Å². The topological polar surface area (TPSA) is 20.3 Å². The van der Waals surface area contributed by atoms with Gasteiger partial charge >= 0.3 is 0 Å². The molecule has 17 heavy (non-hydrogen) atoms. The Morgan fingerprint density at radius 1 is 1.41 bits per heavy atom. The molecule has 1 rings (SSSR count). The van der Waals surface area contributed by atoms with Gasteiger partial charge in [-0.15, -0.1) is 0 Å². The molecule has 0 aliphatic rings. The second-order valence-electron chi connectivity index (χ2n) is 4.01. The van der Waals surface area contributed by atoms with Gasteiger partial charge in [-0.2, -0.15) is 0 Å². The van der Waals surface area contributed by atoms with Crippen LogP contribution >= 0.6 is 15.9 Å². The second kappa shape index (κ2) is 6.15. The summed E-state index contributed by atoms with van der Waals surface area (Å²) in [5.74, 6) is -0.742. The van der Waals surface area contributed by atoms with Gasteiger partial charge in [-0.3, -0.25) is 4.79 Å². The van der Waals surface area contributed by atoms with E-state index in [0.29, 0.717) is 4.47 Å². The number of amides is 1. The monoisotopic (exact) mass is 301 g/mol. The molecule has 0 heterocycles. The molecule has 1 aromatic rings. The summed E-state index contributed by atoms with van der Waals surface area (Å²) in [6, 6.07) is 4.57. The van der Waals surface area contributed by atoms with Crippen LogP contribution in [0.1, 0.15) is 37.0 Å². The summed E-state index contributed by atoms with van der Waals surface area (Å²) in [7, 11) is 1.72. The van der Waals surface area contributed by atoms with Gasteiger partial charge in [-0.1, -0.05) is 29.8 Å². The average Bonchev–Trinajstić information content (AvgIpc) is 2.32. The van der Waals surface area contributed by atoms with Gasteiger partial charge in [-0.25, -0.2) is 4.39 Å². The highest BCUT2D eigenvalue weighted by Crippen LogP contribution is 2.18. The molecule has 0 saturated carbocycles. The molecule has 1 amide bonds. The first-order chi connectivity index (χ1) is 8.01. The van der Waals surface area contributed by atoms with Crippen LogP contribution in [0.2, 0.25) is 0 Å². The smallest absolute Gasteiger partial charge is 0.256 e. The van der Waals surface area contributed by atoms with Gasteiger partial charge in [0.2, 0.25) is 0 Å². The minimum absolute atomic E-state index is 0.119. The number of hydrogen-bond acceptors (Lipinski definition) is 1. The molecule has 0 unspecified atom stereocenters. The molecule has 0 atom stereocenters. The van der Waals surface area contributed by atoms with Crippen molar-refractivity contribution in [1.82, 2.24) is 4.90 Å². The van der Waals surface area contributed by atoms with Crippen molar-refractivity contribution in [3.63, 3.8) is 0 Å². The summed E-state index contributed by atoms with van der Waals surface area (Å²) < 4.78 is 14.3. The summed E-state index contributed by atoms with van der Waals surface area (Å²) in [5.41, 5.74) is 0.119. The molecule has 0 aliphatic heterocycles. The number of benzene rings is 1. The molecule has 0 aromatic heterocycles. The maximum absolute atomic E-state index is 13.6. The first-order valence-electron chi connectivity index (χ1n) is 5.73. The zero-order chi connectivity index (χ0) is 13.0. The zero-order valence-electron chi connectivity index (χ0n) is 10.3. The Bertz CT molecular complexity index is 404. The van der Waals surface area contributed by atoms with E-state index in [0.717, 1.165) is 12.8 Å². The van der Waals surface area contributed by atoms with Gasteiger partial charge in [-0.05, 0) is 31.0 Å². The highest BCUT2D eigenvalue weighted by Gasteiger charge is 2.21. The Morgan fingerprint density at radius 2 is 2.00 bits per heavy atom. The summed E-state index contributed by atoms with van der Waals surface area (Å²) in [6.07, 6.45) is 1.74. The van der Waals surface area contributed by atoms with Crippen molar-refractivity contribution >= 4 is 21.8 Å². The molecule has 0 saturated heterocycles. The lowest BCUT2D eigenvalue weighted by molar-refractivity contribution is 0.0719. The van der Waals surface area contributed by atoms with Crippen LogP contribution in [0.25, 0.3) is 0 Å². The molecule has 0 fully saturated rings. The third-order valence-electron chi connectivity index (χ3n) is 2.97. The van der Waals surface area contributed by atoms with Gasteiger partial charge in [0.15, 0.2) is 0 Å². The van der Waals surface area contributed by atoms with Gasteiger partial charge in [0.05, 0.1) is 5.56 Å². The first kappa shape index (κ1) is 14.2. The lowest BCUT2D eigenvalue weighted by Crippen LogP contribution is -2.36. The van der Waals surface area contributed by atoms with Gasteiger partial charge in [0.1, 0.15) is 5.82 Å². The molecule has 4 heteroatoms. The molecule has 0 aliphatic carbocycles. The molecular formula is C13H17BrFNO. The van der Waals surface area contributed by atoms with E-state index >= 15 is 0 Å². The van der Waals surface area contributed by atoms with E-state index in [1.54, 1.807) is 18.0 Å². The molecule has 0 N–H and O–H groups in total. The van der Waals surface area contributed by atoms with Crippen molar-refractivity contribution in [2.45, 2.75) is 32.7 Å². The first-order valence-corrected chi connectivity index (χ1v) is 6.52. The van der Waals surface area contributed by atoms with E-state index in [2.05, 4.69) is 15.9 Å². The number of halogens is 2. The van der Waals surface area contributed by atoms with E-state index in [4.69, 9.17) is 0 Å². The van der Waals surface area contributed by atoms with E-state index < -0.39 is 5.82 Å². The molecule has 0 bridgehead atoms. The highest BCUT2D eigenvalue weighted by atomic mass is 79.9. The Labute approximate surface area is 110 Å². The van der Waals surface area contributed by atoms with E-state index in [1.165, 1.54) is 12.1 Å². The maximum atomic E-state index is 13.6. The molecule has 0 spiro atoms. The Balaban J connectivity index is 2.99. The minimum atomic E-state index is -0.476. The quantitative estimate of drug-likeness (QED) is 0.827. The van der Waals surface area contributed by atoms with Crippen LogP contribution in [-0.2, 0) is 0 Å². The third-order valence-corrected chi connectivity index (χ3v) is 3.46. The normalized spacial score (nSPS) is 10.7. The third kappa shape index (κ3) is 3.28. The van der Waals surface area contributed by atoms with Crippen LogP contribution < -0.4 is 0 Å². The summed E-state index contributed by atoms with van der Waals surface area (Å²) in [6.45, 7) is 4.05. The highest BCUT2D eigenvalue weighted by molar-refractivity contribution is 9.10. The standard InChI is InChI=1S/C13H17BrFNO/c1-4-10(5-2)16(3)13(17)11-8-9(14)6-7-12(11)15/h6-8,10H,4-5H2,1-3H3. The largest absolute Gasteiger partial charge is 0.339 e. The van der Waals surface area contributed by atoms with Crippen molar-refractivity contribution in [3.05, 3.63) is 34.1 Å². The minimum Gasteiger partial charge on any atom is -0.339 e. The van der Waals surface area contributed by atoms with Crippen LogP contribution in [0.5, 0.6) is 0 Å². The average molecular weight is 302 g/mol. The molecule has 2 nitrogen and oxygen atoms in total. The number of hydrogen-bond donors (Lipinski definition) is 0. The predicted molar refractivity (Wildman–Crippen MR) is 70.6 cm³/mol. The SMILES string of the molecule is CCC(CC)N(C)C(=O)c1cc(Br)ccc1F. The van der Waals surface area contributed by atoms with Crippen molar-refractivity contribution in [2.75, 3.05) is 7.05 Å². The summed E-state index contributed by atoms with van der Waals surface area (Å²) in [4.78, 5) is 13.8. The van der Waals surface area contributed by atoms with Gasteiger partial charge < -0.3 is 4.90 Å². The van der Waals surface area contributed by atoms with Crippen molar-refractivity contribution in [3.8, 4) is 0 Å². The van der Waals surface area contributed by atoms with Crippen molar-refractivity contribution in [2.24, 2.45) is 0 Å². The number of carbonyl (C=O) groups excluding carboxylic acids is 1. The van der Waals surface area contributed by atoms with Crippen LogP contribution in [0.3, 0.4) is 0 Å². The number of carbonyl (C=O) groups is 1. The van der Waals surface area contributed by atoms with Crippen LogP contribution in [-0.4, -0.2) is 23.9 Å². The van der Waals surface area contributed by atoms with Crippen LogP contribution in [0.4, 0.5) is 4.39 Å². The Morgan fingerprint density at radius 3 is 2.53 bits per heavy atom. The maximum Gasteiger partial charge on any atom is 0.256 e. The zero-order valence-corrected chi connectivity index (χ0v) is 11.9. The number of nitrogens with zero attached hydrogens (tertiary/aromatic N) is 1. The molecular weight excluding hydrogens is 285 g/mol. The molecule has 1 aromatic carbocycles. The van der Waals surface area contributed by atoms with Gasteiger partial charge in [0, 0.05) is 17.6 Å².